The standard InChI is InChI=1S/C8H15I/c1-3-7-4-5-8(9)6(7)2/h6-8H,3-5H2,1-2H3/t6-,7-,8?/m0/s1. The molecule has 0 radical (unpaired) electrons. The summed E-state index contributed by atoms with van der Waals surface area (Å²) in [5.74, 6) is 2.02. The summed E-state index contributed by atoms with van der Waals surface area (Å²) in [5.41, 5.74) is 0. The van der Waals surface area contributed by atoms with Crippen LogP contribution >= 0.6 is 22.6 Å². The van der Waals surface area contributed by atoms with Crippen molar-refractivity contribution in [2.75, 3.05) is 0 Å². The Balaban J connectivity index is 2.41. The van der Waals surface area contributed by atoms with Gasteiger partial charge in [-0.3, -0.25) is 0 Å². The van der Waals surface area contributed by atoms with Gasteiger partial charge in [-0.05, 0) is 24.7 Å². The van der Waals surface area contributed by atoms with Crippen LogP contribution in [0.15, 0.2) is 0 Å². The van der Waals surface area contributed by atoms with Crippen molar-refractivity contribution in [3.8, 4) is 0 Å². The maximum Gasteiger partial charge on any atom is 0.0138 e. The minimum atomic E-state index is 0.965. The predicted molar refractivity (Wildman–Crippen MR) is 50.0 cm³/mol. The molecule has 1 heteroatoms. The first-order valence-electron chi connectivity index (χ1n) is 3.89. The smallest absolute Gasteiger partial charge is 0.0138 e. The van der Waals surface area contributed by atoms with E-state index in [0.717, 1.165) is 15.8 Å². The molecule has 0 spiro atoms. The third-order valence-electron chi connectivity index (χ3n) is 2.65. The van der Waals surface area contributed by atoms with Crippen molar-refractivity contribution in [1.29, 1.82) is 0 Å². The van der Waals surface area contributed by atoms with Gasteiger partial charge < -0.3 is 0 Å². The summed E-state index contributed by atoms with van der Waals surface area (Å²) in [5, 5.41) is 0. The predicted octanol–water partition coefficient (Wildman–Crippen LogP) is 3.25. The molecule has 1 saturated carbocycles. The van der Waals surface area contributed by atoms with Gasteiger partial charge in [-0.2, -0.15) is 0 Å². The van der Waals surface area contributed by atoms with E-state index < -0.39 is 0 Å². The van der Waals surface area contributed by atoms with Crippen molar-refractivity contribution in [3.63, 3.8) is 0 Å². The van der Waals surface area contributed by atoms with Gasteiger partial charge in [0.15, 0.2) is 0 Å². The number of hydrogen-bond donors (Lipinski definition) is 0. The number of alkyl halides is 1. The Kier molecular flexibility index (Phi) is 2.80. The zero-order chi connectivity index (χ0) is 6.85. The van der Waals surface area contributed by atoms with E-state index in [-0.39, 0.29) is 0 Å². The first-order chi connectivity index (χ1) is 4.25. The molecule has 0 bridgehead atoms. The largest absolute Gasteiger partial charge is 0.0823 e. The third-order valence-corrected chi connectivity index (χ3v) is 4.41. The van der Waals surface area contributed by atoms with Crippen molar-refractivity contribution in [2.45, 2.75) is 37.0 Å². The SMILES string of the molecule is CC[C@H]1CCC(I)[C@H]1C. The van der Waals surface area contributed by atoms with Gasteiger partial charge in [-0.25, -0.2) is 0 Å². The summed E-state index contributed by atoms with van der Waals surface area (Å²) in [6.45, 7) is 4.72. The Morgan fingerprint density at radius 2 is 2.11 bits per heavy atom. The second-order valence-electron chi connectivity index (χ2n) is 3.12. The second kappa shape index (κ2) is 3.22. The van der Waals surface area contributed by atoms with Crippen molar-refractivity contribution in [1.82, 2.24) is 0 Å². The topological polar surface area (TPSA) is 0 Å². The fourth-order valence-corrected chi connectivity index (χ4v) is 2.72. The molecule has 1 fully saturated rings. The van der Waals surface area contributed by atoms with Crippen molar-refractivity contribution in [3.05, 3.63) is 0 Å². The van der Waals surface area contributed by atoms with Crippen LogP contribution in [0.5, 0.6) is 0 Å². The molecule has 1 unspecified atom stereocenters. The van der Waals surface area contributed by atoms with E-state index >= 15 is 0 Å². The highest BCUT2D eigenvalue weighted by molar-refractivity contribution is 14.1. The summed E-state index contributed by atoms with van der Waals surface area (Å²) < 4.78 is 0.965. The van der Waals surface area contributed by atoms with Gasteiger partial charge in [0.2, 0.25) is 0 Å². The molecule has 9 heavy (non-hydrogen) atoms. The lowest BCUT2D eigenvalue weighted by Gasteiger charge is -2.14. The van der Waals surface area contributed by atoms with Crippen LogP contribution in [-0.4, -0.2) is 3.92 Å². The van der Waals surface area contributed by atoms with E-state index in [0.29, 0.717) is 0 Å². The third kappa shape index (κ3) is 1.60. The molecule has 0 amide bonds. The number of halogens is 1. The van der Waals surface area contributed by atoms with Crippen molar-refractivity contribution >= 4 is 22.6 Å². The molecule has 1 rings (SSSR count). The molecule has 3 atom stereocenters. The van der Waals surface area contributed by atoms with Crippen LogP contribution in [0.3, 0.4) is 0 Å². The molecule has 0 aromatic heterocycles. The van der Waals surface area contributed by atoms with Crippen molar-refractivity contribution < 1.29 is 0 Å². The molecule has 54 valence electrons. The maximum absolute atomic E-state index is 2.60. The normalized spacial score (nSPS) is 43.7. The minimum absolute atomic E-state index is 0.965. The van der Waals surface area contributed by atoms with Gasteiger partial charge in [0.1, 0.15) is 0 Å². The van der Waals surface area contributed by atoms with Crippen LogP contribution in [0, 0.1) is 11.8 Å². The molecule has 0 saturated heterocycles. The van der Waals surface area contributed by atoms with E-state index in [2.05, 4.69) is 36.4 Å². The van der Waals surface area contributed by atoms with Crippen LogP contribution in [0.25, 0.3) is 0 Å². The maximum atomic E-state index is 2.60. The number of hydrogen-bond acceptors (Lipinski definition) is 0. The summed E-state index contributed by atoms with van der Waals surface area (Å²) in [6.07, 6.45) is 4.33. The zero-order valence-electron chi connectivity index (χ0n) is 6.23. The lowest BCUT2D eigenvalue weighted by molar-refractivity contribution is 0.415. The Hall–Kier alpha value is 0.730. The van der Waals surface area contributed by atoms with E-state index in [1.54, 1.807) is 0 Å². The fraction of sp³-hybridized carbons (Fsp3) is 1.00. The van der Waals surface area contributed by atoms with E-state index in [1.807, 2.05) is 0 Å². The lowest BCUT2D eigenvalue weighted by Crippen LogP contribution is -2.08. The lowest BCUT2D eigenvalue weighted by atomic mass is 9.96. The highest BCUT2D eigenvalue weighted by Crippen LogP contribution is 2.38. The van der Waals surface area contributed by atoms with Gasteiger partial charge in [-0.15, -0.1) is 0 Å². The Bertz CT molecular complexity index is 90.6. The Morgan fingerprint density at radius 3 is 2.33 bits per heavy atom. The van der Waals surface area contributed by atoms with Gasteiger partial charge in [0.25, 0.3) is 0 Å². The molecule has 1 aliphatic carbocycles. The molecule has 0 aromatic rings. The monoisotopic (exact) mass is 238 g/mol. The molecular formula is C8H15I. The average molecular weight is 238 g/mol. The second-order valence-corrected chi connectivity index (χ2v) is 4.72. The Labute approximate surface area is 71.5 Å². The van der Waals surface area contributed by atoms with Gasteiger partial charge in [-0.1, -0.05) is 42.9 Å². The van der Waals surface area contributed by atoms with Crippen LogP contribution < -0.4 is 0 Å². The van der Waals surface area contributed by atoms with Gasteiger partial charge in [0, 0.05) is 3.92 Å². The highest BCUT2D eigenvalue weighted by Gasteiger charge is 2.28. The van der Waals surface area contributed by atoms with Crippen LogP contribution in [0.1, 0.15) is 33.1 Å². The van der Waals surface area contributed by atoms with E-state index in [4.69, 9.17) is 0 Å². The molecule has 1 aliphatic rings. The minimum Gasteiger partial charge on any atom is -0.0823 e. The van der Waals surface area contributed by atoms with Crippen LogP contribution in [-0.2, 0) is 0 Å². The quantitative estimate of drug-likeness (QED) is 0.486. The van der Waals surface area contributed by atoms with Gasteiger partial charge >= 0.3 is 0 Å². The van der Waals surface area contributed by atoms with E-state index in [1.165, 1.54) is 19.3 Å². The van der Waals surface area contributed by atoms with Gasteiger partial charge in [0.05, 0.1) is 0 Å². The van der Waals surface area contributed by atoms with Crippen LogP contribution in [0.2, 0.25) is 0 Å². The Morgan fingerprint density at radius 1 is 1.44 bits per heavy atom. The van der Waals surface area contributed by atoms with E-state index in [9.17, 15) is 0 Å². The first-order valence-corrected chi connectivity index (χ1v) is 5.14. The summed E-state index contributed by atoms with van der Waals surface area (Å²) >= 11 is 2.60. The zero-order valence-corrected chi connectivity index (χ0v) is 8.39. The summed E-state index contributed by atoms with van der Waals surface area (Å²) in [4.78, 5) is 0. The average Bonchev–Trinajstić information content (AvgIpc) is 2.15. The molecule has 0 N–H and O–H groups in total. The number of rotatable bonds is 1. The molecular weight excluding hydrogens is 223 g/mol. The molecule has 0 heterocycles. The first kappa shape index (κ1) is 7.83. The van der Waals surface area contributed by atoms with Crippen molar-refractivity contribution in [2.24, 2.45) is 11.8 Å². The van der Waals surface area contributed by atoms with Crippen LogP contribution in [0.4, 0.5) is 0 Å². The molecule has 0 aliphatic heterocycles. The summed E-state index contributed by atoms with van der Waals surface area (Å²) in [7, 11) is 0. The summed E-state index contributed by atoms with van der Waals surface area (Å²) in [6, 6.07) is 0. The molecule has 0 nitrogen and oxygen atoms in total. The fourth-order valence-electron chi connectivity index (χ4n) is 1.77. The highest BCUT2D eigenvalue weighted by atomic mass is 127. The molecule has 0 aromatic carbocycles.